The van der Waals surface area contributed by atoms with Crippen molar-refractivity contribution in [2.24, 2.45) is 0 Å². The van der Waals surface area contributed by atoms with Gasteiger partial charge in [-0.05, 0) is 68.4 Å². The molecule has 0 heterocycles. The molecule has 0 saturated carbocycles. The van der Waals surface area contributed by atoms with Gasteiger partial charge in [-0.2, -0.15) is 12.1 Å². The maximum absolute atomic E-state index is 2.81. The summed E-state index contributed by atoms with van der Waals surface area (Å²) in [5, 5.41) is 10.9. The summed E-state index contributed by atoms with van der Waals surface area (Å²) in [6, 6.07) is 60.6. The number of benzene rings is 6. The summed E-state index contributed by atoms with van der Waals surface area (Å²) in [5.74, 6) is 0. The fraction of sp³-hybridized carbons (Fsp3) is 0.185. The van der Waals surface area contributed by atoms with E-state index in [0.717, 1.165) is 0 Å². The molecule has 0 nitrogen and oxygen atoms in total. The quantitative estimate of drug-likeness (QED) is 0.115. The Labute approximate surface area is 357 Å². The first-order valence-electron chi connectivity index (χ1n) is 19.1. The van der Waals surface area contributed by atoms with E-state index >= 15 is 0 Å². The summed E-state index contributed by atoms with van der Waals surface area (Å²) >= 11 is 0. The Hall–Kier alpha value is -4.37. The molecular weight excluding hydrogens is 855 g/mol. The van der Waals surface area contributed by atoms with E-state index in [9.17, 15) is 0 Å². The van der Waals surface area contributed by atoms with E-state index in [2.05, 4.69) is 213 Å². The van der Waals surface area contributed by atoms with Crippen LogP contribution in [0.1, 0.15) is 63.8 Å². The van der Waals surface area contributed by atoms with Gasteiger partial charge in [0.15, 0.2) is 0 Å². The summed E-state index contributed by atoms with van der Waals surface area (Å²) in [6.07, 6.45) is 0. The van der Waals surface area contributed by atoms with Gasteiger partial charge in [0.2, 0.25) is 0 Å². The third-order valence-electron chi connectivity index (χ3n) is 11.5. The summed E-state index contributed by atoms with van der Waals surface area (Å²) in [6.45, 7) is 18.3. The molecule has 2 heteroatoms. The second kappa shape index (κ2) is 16.2. The zero-order chi connectivity index (χ0) is 37.1. The van der Waals surface area contributed by atoms with Crippen molar-refractivity contribution in [1.29, 1.82) is 0 Å². The molecule has 0 spiro atoms. The third kappa shape index (κ3) is 7.44. The van der Waals surface area contributed by atoms with Crippen LogP contribution in [0.3, 0.4) is 0 Å². The third-order valence-corrected chi connectivity index (χ3v) is 16.3. The summed E-state index contributed by atoms with van der Waals surface area (Å²) in [7, 11) is -2.81. The fourth-order valence-corrected chi connectivity index (χ4v) is 13.5. The molecule has 8 rings (SSSR count). The van der Waals surface area contributed by atoms with Crippen LogP contribution in [0.25, 0.3) is 43.8 Å². The van der Waals surface area contributed by atoms with E-state index in [-0.39, 0.29) is 51.5 Å². The van der Waals surface area contributed by atoms with Gasteiger partial charge in [0.05, 0.1) is 0 Å². The standard InChI is InChI=1S/C52H50Si.2CH3.Hf/c1-35-29-39(51(3,4)5)25-27-45(35)47-23-15-17-37-31-43(33-49(37)47)53(41-19-11-9-12-20-41,42-21-13-10-14-22-42)44-32-38-18-16-24-48(50(38)34-44)46-28-26-40(30-36(46)2)52(6,7)8;;;/h9-34H,1-8H3;2*1H3;/q-2;2*-1;+4. The molecule has 0 atom stereocenters. The first-order chi connectivity index (χ1) is 25.4. The molecule has 8 aromatic rings. The second-order valence-electron chi connectivity index (χ2n) is 17.1. The topological polar surface area (TPSA) is 0 Å². The summed E-state index contributed by atoms with van der Waals surface area (Å²) in [4.78, 5) is 0. The van der Waals surface area contributed by atoms with Crippen LogP contribution in [0, 0.1) is 28.7 Å². The fourth-order valence-electron chi connectivity index (χ4n) is 8.61. The molecule has 0 unspecified atom stereocenters. The van der Waals surface area contributed by atoms with Gasteiger partial charge in [-0.25, -0.2) is 0 Å². The number of fused-ring (bicyclic) bond motifs is 2. The minimum Gasteiger partial charge on any atom is -0.358 e. The van der Waals surface area contributed by atoms with Crippen molar-refractivity contribution < 1.29 is 25.8 Å². The van der Waals surface area contributed by atoms with Crippen molar-refractivity contribution in [1.82, 2.24) is 0 Å². The van der Waals surface area contributed by atoms with Gasteiger partial charge >= 0.3 is 25.8 Å². The minimum atomic E-state index is -2.81. The molecule has 0 aromatic heterocycles. The number of aryl methyl sites for hydroxylation is 2. The van der Waals surface area contributed by atoms with Gasteiger partial charge in [-0.1, -0.05) is 162 Å². The van der Waals surface area contributed by atoms with Crippen LogP contribution in [0.4, 0.5) is 0 Å². The molecule has 8 aromatic carbocycles. The van der Waals surface area contributed by atoms with Gasteiger partial charge < -0.3 is 14.9 Å². The zero-order valence-electron chi connectivity index (χ0n) is 35.0. The van der Waals surface area contributed by atoms with Gasteiger partial charge in [0.1, 0.15) is 8.07 Å². The van der Waals surface area contributed by atoms with E-state index in [1.54, 1.807) is 0 Å². The van der Waals surface area contributed by atoms with E-state index in [0.29, 0.717) is 0 Å². The SMILES string of the molecule is Cc1cc(C(C)(C)C)ccc1-c1cccc2[cH-]c([Si](c3ccccc3)(c3ccccc3)c3cc4c(-c5ccc(C(C)(C)C)cc5C)cccc4[cH-]3)cc12.[CH3-].[CH3-].[Hf+4]. The Morgan fingerprint density at radius 2 is 0.786 bits per heavy atom. The molecule has 56 heavy (non-hydrogen) atoms. The van der Waals surface area contributed by atoms with Gasteiger partial charge in [0, 0.05) is 0 Å². The largest absolute Gasteiger partial charge is 4.00 e. The molecule has 280 valence electrons. The molecule has 0 aliphatic heterocycles. The van der Waals surface area contributed by atoms with Gasteiger partial charge in [-0.3, -0.25) is 0 Å². The van der Waals surface area contributed by atoms with Crippen molar-refractivity contribution in [2.75, 3.05) is 0 Å². The van der Waals surface area contributed by atoms with Crippen LogP contribution in [0.15, 0.2) is 158 Å². The zero-order valence-corrected chi connectivity index (χ0v) is 39.6. The normalized spacial score (nSPS) is 11.9. The van der Waals surface area contributed by atoms with Crippen LogP contribution in [0.2, 0.25) is 0 Å². The predicted octanol–water partition coefficient (Wildman–Crippen LogP) is 12.3. The Morgan fingerprint density at radius 3 is 1.12 bits per heavy atom. The van der Waals surface area contributed by atoms with E-state index in [1.807, 2.05) is 0 Å². The Morgan fingerprint density at radius 1 is 0.411 bits per heavy atom. The first-order valence-corrected chi connectivity index (χ1v) is 21.1. The number of hydrogen-bond acceptors (Lipinski definition) is 0. The smallest absolute Gasteiger partial charge is 0.358 e. The van der Waals surface area contributed by atoms with Crippen LogP contribution in [-0.4, -0.2) is 8.07 Å². The number of rotatable bonds is 6. The van der Waals surface area contributed by atoms with Crippen molar-refractivity contribution in [3.05, 3.63) is 195 Å². The maximum Gasteiger partial charge on any atom is 4.00 e. The van der Waals surface area contributed by atoms with E-state index in [1.165, 1.54) is 86.8 Å². The molecule has 0 N–H and O–H groups in total. The average molecular weight is 912 g/mol. The Kier molecular flexibility index (Phi) is 12.4. The molecule has 0 aliphatic carbocycles. The van der Waals surface area contributed by atoms with Crippen molar-refractivity contribution in [3.63, 3.8) is 0 Å². The predicted molar refractivity (Wildman–Crippen MR) is 247 cm³/mol. The molecule has 0 bridgehead atoms. The first kappa shape index (κ1) is 42.8. The molecular formula is C54H56HfSi. The molecule has 0 amide bonds. The molecule has 0 radical (unpaired) electrons. The van der Waals surface area contributed by atoms with Gasteiger partial charge in [0.25, 0.3) is 0 Å². The van der Waals surface area contributed by atoms with Crippen molar-refractivity contribution in [2.45, 2.75) is 66.2 Å². The molecule has 0 fully saturated rings. The maximum atomic E-state index is 2.54. The van der Waals surface area contributed by atoms with E-state index in [4.69, 9.17) is 0 Å². The van der Waals surface area contributed by atoms with Crippen LogP contribution in [0.5, 0.6) is 0 Å². The van der Waals surface area contributed by atoms with Crippen LogP contribution < -0.4 is 20.7 Å². The molecule has 0 aliphatic rings. The molecule has 0 saturated heterocycles. The summed E-state index contributed by atoms with van der Waals surface area (Å²) in [5.41, 5.74) is 10.8. The average Bonchev–Trinajstić information content (AvgIpc) is 3.78. The summed E-state index contributed by atoms with van der Waals surface area (Å²) < 4.78 is 0. The van der Waals surface area contributed by atoms with Gasteiger partial charge in [-0.15, -0.1) is 68.3 Å². The monoisotopic (exact) mass is 912 g/mol. The second-order valence-corrected chi connectivity index (χ2v) is 21.0. The number of hydrogen-bond donors (Lipinski definition) is 0. The Balaban J connectivity index is 0.00000200. The van der Waals surface area contributed by atoms with Crippen molar-refractivity contribution >= 4 is 50.4 Å². The van der Waals surface area contributed by atoms with E-state index < -0.39 is 8.07 Å². The van der Waals surface area contributed by atoms with Crippen molar-refractivity contribution in [3.8, 4) is 22.3 Å². The van der Waals surface area contributed by atoms with Crippen LogP contribution in [-0.2, 0) is 36.7 Å². The minimum absolute atomic E-state index is 0. The Bertz CT molecular complexity index is 2400. The van der Waals surface area contributed by atoms with Crippen LogP contribution >= 0.6 is 0 Å².